The maximum Gasteiger partial charge on any atom is 0.325 e. The molecule has 3 nitrogen and oxygen atoms in total. The fourth-order valence-corrected chi connectivity index (χ4v) is 2.00. The number of carboxylic acid groups (broad SMARTS) is 1. The van der Waals surface area contributed by atoms with E-state index in [0.29, 0.717) is 0 Å². The molecule has 1 aliphatic rings. The molecule has 1 rings (SSSR count). The average Bonchev–Trinajstić information content (AvgIpc) is 1.84. The molecule has 0 saturated carbocycles. The van der Waals surface area contributed by atoms with Crippen molar-refractivity contribution in [3.63, 3.8) is 0 Å². The summed E-state index contributed by atoms with van der Waals surface area (Å²) in [6, 6.07) is 0. The third kappa shape index (κ3) is 1.25. The molecule has 1 fully saturated rings. The normalized spacial score (nSPS) is 32.5. The van der Waals surface area contributed by atoms with Gasteiger partial charge in [0.05, 0.1) is 0 Å². The van der Waals surface area contributed by atoms with E-state index < -0.39 is 11.5 Å². The molecular weight excluding hydrogens is 162 g/mol. The second kappa shape index (κ2) is 3.03. The zero-order valence-corrected chi connectivity index (χ0v) is 7.57. The standard InChI is InChI=1S/C7H13NO2S/c1-5(11-2)7(6(9)10)3-4-8-7/h5,8H,3-4H2,1-2H3,(H,9,10)/t5-,7?/m0/s1. The molecule has 1 aliphatic heterocycles. The maximum absolute atomic E-state index is 10.8. The second-order valence-electron chi connectivity index (χ2n) is 2.83. The highest BCUT2D eigenvalue weighted by molar-refractivity contribution is 7.99. The lowest BCUT2D eigenvalue weighted by molar-refractivity contribution is -0.148. The van der Waals surface area contributed by atoms with E-state index >= 15 is 0 Å². The Labute approximate surface area is 70.6 Å². The molecule has 0 aromatic heterocycles. The lowest BCUT2D eigenvalue weighted by atomic mass is 9.85. The molecule has 0 spiro atoms. The van der Waals surface area contributed by atoms with Gasteiger partial charge in [0.1, 0.15) is 5.54 Å². The number of carboxylic acids is 1. The summed E-state index contributed by atoms with van der Waals surface area (Å²) in [5.74, 6) is -0.717. The zero-order chi connectivity index (χ0) is 8.48. The molecule has 4 heteroatoms. The number of hydrogen-bond acceptors (Lipinski definition) is 3. The van der Waals surface area contributed by atoms with Crippen LogP contribution in [-0.4, -0.2) is 34.7 Å². The van der Waals surface area contributed by atoms with Crippen LogP contribution in [0, 0.1) is 0 Å². The molecule has 11 heavy (non-hydrogen) atoms. The van der Waals surface area contributed by atoms with E-state index in [1.165, 1.54) is 0 Å². The van der Waals surface area contributed by atoms with Crippen LogP contribution in [0.1, 0.15) is 13.3 Å². The first-order valence-corrected chi connectivity index (χ1v) is 4.93. The van der Waals surface area contributed by atoms with Gasteiger partial charge < -0.3 is 10.4 Å². The van der Waals surface area contributed by atoms with Crippen molar-refractivity contribution in [1.29, 1.82) is 0 Å². The Balaban J connectivity index is 2.67. The molecular formula is C7H13NO2S. The Morgan fingerprint density at radius 2 is 2.36 bits per heavy atom. The molecule has 1 heterocycles. The summed E-state index contributed by atoms with van der Waals surface area (Å²) in [5, 5.41) is 12.0. The first-order valence-electron chi connectivity index (χ1n) is 3.64. The molecule has 0 radical (unpaired) electrons. The summed E-state index contributed by atoms with van der Waals surface area (Å²) >= 11 is 1.59. The third-order valence-corrected chi connectivity index (χ3v) is 3.50. The third-order valence-electron chi connectivity index (χ3n) is 2.39. The Bertz CT molecular complexity index is 168. The van der Waals surface area contributed by atoms with E-state index in [2.05, 4.69) is 5.32 Å². The summed E-state index contributed by atoms with van der Waals surface area (Å²) in [5.41, 5.74) is -0.639. The van der Waals surface area contributed by atoms with Gasteiger partial charge >= 0.3 is 5.97 Å². The Kier molecular flexibility index (Phi) is 2.44. The Morgan fingerprint density at radius 1 is 1.82 bits per heavy atom. The number of nitrogens with one attached hydrogen (secondary N) is 1. The average molecular weight is 175 g/mol. The predicted octanol–water partition coefficient (Wildman–Crippen LogP) is 0.555. The summed E-state index contributed by atoms with van der Waals surface area (Å²) in [6.45, 7) is 2.78. The van der Waals surface area contributed by atoms with E-state index in [-0.39, 0.29) is 5.25 Å². The fourth-order valence-electron chi connectivity index (χ4n) is 1.30. The van der Waals surface area contributed by atoms with E-state index in [9.17, 15) is 4.79 Å². The van der Waals surface area contributed by atoms with Crippen LogP contribution >= 0.6 is 11.8 Å². The van der Waals surface area contributed by atoms with Gasteiger partial charge in [-0.3, -0.25) is 4.79 Å². The topological polar surface area (TPSA) is 49.3 Å². The van der Waals surface area contributed by atoms with Crippen molar-refractivity contribution in [2.24, 2.45) is 0 Å². The molecule has 64 valence electrons. The van der Waals surface area contributed by atoms with E-state index in [1.807, 2.05) is 13.2 Å². The van der Waals surface area contributed by atoms with Gasteiger partial charge in [0.15, 0.2) is 0 Å². The number of aliphatic carboxylic acids is 1. The lowest BCUT2D eigenvalue weighted by Gasteiger charge is -2.43. The van der Waals surface area contributed by atoms with Crippen LogP contribution in [0.15, 0.2) is 0 Å². The van der Waals surface area contributed by atoms with Crippen LogP contribution in [0.25, 0.3) is 0 Å². The van der Waals surface area contributed by atoms with Gasteiger partial charge in [-0.25, -0.2) is 0 Å². The molecule has 0 amide bonds. The molecule has 0 aliphatic carbocycles. The van der Waals surface area contributed by atoms with Gasteiger partial charge in [-0.1, -0.05) is 6.92 Å². The maximum atomic E-state index is 10.8. The highest BCUT2D eigenvalue weighted by Crippen LogP contribution is 2.30. The SMILES string of the molecule is CS[C@@H](C)C1(C(=O)O)CCN1. The highest BCUT2D eigenvalue weighted by Gasteiger charge is 2.48. The second-order valence-corrected chi connectivity index (χ2v) is 4.01. The summed E-state index contributed by atoms with van der Waals surface area (Å²) in [7, 11) is 0. The van der Waals surface area contributed by atoms with Crippen LogP contribution in [0.4, 0.5) is 0 Å². The van der Waals surface area contributed by atoms with Crippen molar-refractivity contribution in [3.8, 4) is 0 Å². The number of thioether (sulfide) groups is 1. The summed E-state index contributed by atoms with van der Waals surface area (Å²) < 4.78 is 0. The van der Waals surface area contributed by atoms with Gasteiger partial charge in [-0.05, 0) is 19.2 Å². The van der Waals surface area contributed by atoms with Crippen molar-refractivity contribution >= 4 is 17.7 Å². The van der Waals surface area contributed by atoms with Gasteiger partial charge in [-0.2, -0.15) is 11.8 Å². The summed E-state index contributed by atoms with van der Waals surface area (Å²) in [4.78, 5) is 10.8. The first-order chi connectivity index (χ1) is 5.13. The minimum absolute atomic E-state index is 0.147. The van der Waals surface area contributed by atoms with Gasteiger partial charge in [-0.15, -0.1) is 0 Å². The van der Waals surface area contributed by atoms with Crippen molar-refractivity contribution in [1.82, 2.24) is 5.32 Å². The molecule has 0 aromatic rings. The van der Waals surface area contributed by atoms with Gasteiger partial charge in [0.25, 0.3) is 0 Å². The number of hydrogen-bond donors (Lipinski definition) is 2. The number of carbonyl (C=O) groups is 1. The van der Waals surface area contributed by atoms with Gasteiger partial charge in [0.2, 0.25) is 0 Å². The monoisotopic (exact) mass is 175 g/mol. The van der Waals surface area contributed by atoms with Crippen LogP contribution in [-0.2, 0) is 4.79 Å². The molecule has 2 N–H and O–H groups in total. The minimum atomic E-state index is -0.717. The molecule has 1 unspecified atom stereocenters. The minimum Gasteiger partial charge on any atom is -0.480 e. The predicted molar refractivity (Wildman–Crippen MR) is 46.0 cm³/mol. The van der Waals surface area contributed by atoms with Crippen molar-refractivity contribution in [2.75, 3.05) is 12.8 Å². The smallest absolute Gasteiger partial charge is 0.325 e. The lowest BCUT2D eigenvalue weighted by Crippen LogP contribution is -2.67. The molecule has 0 bridgehead atoms. The molecule has 2 atom stereocenters. The van der Waals surface area contributed by atoms with Crippen LogP contribution < -0.4 is 5.32 Å². The van der Waals surface area contributed by atoms with E-state index in [1.54, 1.807) is 11.8 Å². The number of rotatable bonds is 3. The van der Waals surface area contributed by atoms with Gasteiger partial charge in [0, 0.05) is 5.25 Å². The van der Waals surface area contributed by atoms with Crippen LogP contribution in [0.3, 0.4) is 0 Å². The summed E-state index contributed by atoms with van der Waals surface area (Å²) in [6.07, 6.45) is 2.69. The largest absolute Gasteiger partial charge is 0.480 e. The zero-order valence-electron chi connectivity index (χ0n) is 6.76. The highest BCUT2D eigenvalue weighted by atomic mass is 32.2. The van der Waals surface area contributed by atoms with E-state index in [0.717, 1.165) is 13.0 Å². The van der Waals surface area contributed by atoms with Crippen molar-refractivity contribution < 1.29 is 9.90 Å². The van der Waals surface area contributed by atoms with E-state index in [4.69, 9.17) is 5.11 Å². The van der Waals surface area contributed by atoms with Crippen molar-refractivity contribution in [3.05, 3.63) is 0 Å². The first kappa shape index (κ1) is 8.87. The Morgan fingerprint density at radius 3 is 2.45 bits per heavy atom. The fraction of sp³-hybridized carbons (Fsp3) is 0.857. The molecule has 0 aromatic carbocycles. The van der Waals surface area contributed by atoms with Crippen molar-refractivity contribution in [2.45, 2.75) is 24.1 Å². The molecule has 1 saturated heterocycles. The van der Waals surface area contributed by atoms with Crippen LogP contribution in [0.5, 0.6) is 0 Å². The quantitative estimate of drug-likeness (QED) is 0.658. The Hall–Kier alpha value is -0.220. The van der Waals surface area contributed by atoms with Crippen LogP contribution in [0.2, 0.25) is 0 Å².